The van der Waals surface area contributed by atoms with Gasteiger partial charge < -0.3 is 0 Å². The third-order valence-electron chi connectivity index (χ3n) is 1.37. The highest BCUT2D eigenvalue weighted by molar-refractivity contribution is 5.72. The van der Waals surface area contributed by atoms with Crippen LogP contribution in [0, 0.1) is 23.7 Å². The van der Waals surface area contributed by atoms with Crippen molar-refractivity contribution in [1.82, 2.24) is 0 Å². The molecule has 0 aromatic rings. The Labute approximate surface area is 56.5 Å². The fraction of sp³-hybridized carbons (Fsp3) is 0.625. The molecule has 1 nitrogen and oxygen atoms in total. The average molecular weight is 124 g/mol. The molecule has 0 aliphatic carbocycles. The molecule has 0 amide bonds. The summed E-state index contributed by atoms with van der Waals surface area (Å²) in [6.07, 6.45) is 0.638. The summed E-state index contributed by atoms with van der Waals surface area (Å²) in [4.78, 5) is 9.76. The molecule has 0 radical (unpaired) electrons. The van der Waals surface area contributed by atoms with Crippen LogP contribution in [0.25, 0.3) is 0 Å². The van der Waals surface area contributed by atoms with Gasteiger partial charge in [-0.2, -0.15) is 0 Å². The Morgan fingerprint density at radius 1 is 1.33 bits per heavy atom. The van der Waals surface area contributed by atoms with Crippen LogP contribution in [-0.4, -0.2) is 6.29 Å². The molecule has 1 atom stereocenters. The summed E-state index contributed by atoms with van der Waals surface area (Å²) in [7, 11) is 0. The minimum Gasteiger partial charge on any atom is -0.289 e. The maximum absolute atomic E-state index is 9.76. The molecule has 0 heterocycles. The quantitative estimate of drug-likeness (QED) is 0.382. The van der Waals surface area contributed by atoms with E-state index in [-0.39, 0.29) is 0 Å². The van der Waals surface area contributed by atoms with E-state index < -0.39 is 0 Å². The van der Waals surface area contributed by atoms with Crippen molar-refractivity contribution in [3.63, 3.8) is 0 Å². The first-order valence-corrected chi connectivity index (χ1v) is 3.13. The van der Waals surface area contributed by atoms with Crippen LogP contribution in [0.3, 0.4) is 0 Å². The van der Waals surface area contributed by atoms with E-state index in [1.807, 2.05) is 6.92 Å². The molecule has 9 heavy (non-hydrogen) atoms. The number of carbonyl (C=O) groups is 1. The highest BCUT2D eigenvalue weighted by atomic mass is 16.1. The molecule has 0 aliphatic rings. The molecule has 0 spiro atoms. The second-order valence-corrected chi connectivity index (χ2v) is 2.44. The largest absolute Gasteiger partial charge is 0.289 e. The standard InChI is InChI=1S/C8H12O/c1-7(2)8(3)5-4-6-9/h6-8H,1-3H3. The summed E-state index contributed by atoms with van der Waals surface area (Å²) in [5, 5.41) is 0. The zero-order valence-corrected chi connectivity index (χ0v) is 6.14. The molecule has 0 saturated carbocycles. The molecule has 1 unspecified atom stereocenters. The predicted octanol–water partition coefficient (Wildman–Crippen LogP) is 1.48. The zero-order valence-electron chi connectivity index (χ0n) is 6.14. The Kier molecular flexibility index (Phi) is 3.79. The Balaban J connectivity index is 3.74. The van der Waals surface area contributed by atoms with E-state index in [1.165, 1.54) is 0 Å². The van der Waals surface area contributed by atoms with Crippen molar-refractivity contribution >= 4 is 6.29 Å². The summed E-state index contributed by atoms with van der Waals surface area (Å²) >= 11 is 0. The lowest BCUT2D eigenvalue weighted by atomic mass is 9.99. The van der Waals surface area contributed by atoms with Gasteiger partial charge >= 0.3 is 0 Å². The number of hydrogen-bond acceptors (Lipinski definition) is 1. The average Bonchev–Trinajstić information content (AvgIpc) is 1.82. The van der Waals surface area contributed by atoms with Crippen molar-refractivity contribution in [2.24, 2.45) is 11.8 Å². The minimum absolute atomic E-state index is 0.329. The molecule has 1 heteroatoms. The Morgan fingerprint density at radius 2 is 1.89 bits per heavy atom. The normalized spacial score (nSPS) is 12.0. The van der Waals surface area contributed by atoms with Gasteiger partial charge in [0.2, 0.25) is 0 Å². The third-order valence-corrected chi connectivity index (χ3v) is 1.37. The van der Waals surface area contributed by atoms with Crippen LogP contribution in [-0.2, 0) is 4.79 Å². The van der Waals surface area contributed by atoms with E-state index >= 15 is 0 Å². The van der Waals surface area contributed by atoms with Crippen LogP contribution in [0.2, 0.25) is 0 Å². The van der Waals surface area contributed by atoms with Gasteiger partial charge in [0.05, 0.1) is 0 Å². The van der Waals surface area contributed by atoms with Crippen molar-refractivity contribution in [1.29, 1.82) is 0 Å². The summed E-state index contributed by atoms with van der Waals surface area (Å²) in [5.74, 6) is 6.08. The minimum atomic E-state index is 0.329. The van der Waals surface area contributed by atoms with Gasteiger partial charge in [0.25, 0.3) is 0 Å². The molecule has 0 bridgehead atoms. The van der Waals surface area contributed by atoms with E-state index in [0.717, 1.165) is 0 Å². The van der Waals surface area contributed by atoms with E-state index in [4.69, 9.17) is 0 Å². The van der Waals surface area contributed by atoms with Crippen molar-refractivity contribution in [3.05, 3.63) is 0 Å². The van der Waals surface area contributed by atoms with Crippen LogP contribution < -0.4 is 0 Å². The van der Waals surface area contributed by atoms with Crippen LogP contribution in [0.1, 0.15) is 20.8 Å². The SMILES string of the molecule is CC(C)C(C)C#CC=O. The van der Waals surface area contributed by atoms with Crippen molar-refractivity contribution in [3.8, 4) is 11.8 Å². The van der Waals surface area contributed by atoms with Crippen molar-refractivity contribution in [2.45, 2.75) is 20.8 Å². The second kappa shape index (κ2) is 4.14. The van der Waals surface area contributed by atoms with Gasteiger partial charge in [0, 0.05) is 5.92 Å². The summed E-state index contributed by atoms with van der Waals surface area (Å²) in [6.45, 7) is 6.19. The lowest BCUT2D eigenvalue weighted by molar-refractivity contribution is -0.103. The number of aldehydes is 1. The molecule has 0 saturated heterocycles. The topological polar surface area (TPSA) is 17.1 Å². The van der Waals surface area contributed by atoms with Gasteiger partial charge in [-0.25, -0.2) is 0 Å². The van der Waals surface area contributed by atoms with E-state index in [2.05, 4.69) is 25.7 Å². The summed E-state index contributed by atoms with van der Waals surface area (Å²) < 4.78 is 0. The van der Waals surface area contributed by atoms with Crippen LogP contribution in [0.4, 0.5) is 0 Å². The maximum Gasteiger partial charge on any atom is 0.192 e. The van der Waals surface area contributed by atoms with Gasteiger partial charge in [0.15, 0.2) is 6.29 Å². The molecule has 0 aromatic heterocycles. The molecule has 0 rings (SSSR count). The van der Waals surface area contributed by atoms with E-state index in [9.17, 15) is 4.79 Å². The molecule has 0 aromatic carbocycles. The highest BCUT2D eigenvalue weighted by Crippen LogP contribution is 2.06. The van der Waals surface area contributed by atoms with Gasteiger partial charge in [-0.15, -0.1) is 0 Å². The van der Waals surface area contributed by atoms with Crippen molar-refractivity contribution in [2.75, 3.05) is 0 Å². The molecule has 0 N–H and O–H groups in total. The zero-order chi connectivity index (χ0) is 7.28. The predicted molar refractivity (Wildman–Crippen MR) is 37.8 cm³/mol. The first-order valence-electron chi connectivity index (χ1n) is 3.13. The van der Waals surface area contributed by atoms with Gasteiger partial charge in [-0.1, -0.05) is 26.7 Å². The molecule has 0 aliphatic heterocycles. The molecule has 50 valence electrons. The fourth-order valence-corrected chi connectivity index (χ4v) is 0.332. The number of carbonyl (C=O) groups excluding carboxylic acids is 1. The number of hydrogen-bond donors (Lipinski definition) is 0. The van der Waals surface area contributed by atoms with Crippen molar-refractivity contribution < 1.29 is 4.79 Å². The van der Waals surface area contributed by atoms with Gasteiger partial charge in [-0.3, -0.25) is 4.79 Å². The highest BCUT2D eigenvalue weighted by Gasteiger charge is 2.00. The molecular formula is C8H12O. The maximum atomic E-state index is 9.76. The first-order chi connectivity index (χ1) is 4.18. The lowest BCUT2D eigenvalue weighted by Gasteiger charge is -2.05. The van der Waals surface area contributed by atoms with Crippen LogP contribution in [0.15, 0.2) is 0 Å². The fourth-order valence-electron chi connectivity index (χ4n) is 0.332. The summed E-state index contributed by atoms with van der Waals surface area (Å²) in [6, 6.07) is 0. The van der Waals surface area contributed by atoms with E-state index in [1.54, 1.807) is 0 Å². The Bertz CT molecular complexity index is 136. The van der Waals surface area contributed by atoms with Crippen LogP contribution >= 0.6 is 0 Å². The molecule has 0 fully saturated rings. The lowest BCUT2D eigenvalue weighted by Crippen LogP contribution is -1.99. The first kappa shape index (κ1) is 8.23. The Morgan fingerprint density at radius 3 is 2.22 bits per heavy atom. The van der Waals surface area contributed by atoms with Gasteiger partial charge in [-0.05, 0) is 11.8 Å². The number of rotatable bonds is 1. The Hall–Kier alpha value is -0.770. The second-order valence-electron chi connectivity index (χ2n) is 2.44. The van der Waals surface area contributed by atoms with Gasteiger partial charge in [0.1, 0.15) is 0 Å². The smallest absolute Gasteiger partial charge is 0.192 e. The summed E-state index contributed by atoms with van der Waals surface area (Å²) in [5.41, 5.74) is 0. The third kappa shape index (κ3) is 3.78. The molecular weight excluding hydrogens is 112 g/mol. The van der Waals surface area contributed by atoms with Crippen LogP contribution in [0.5, 0.6) is 0 Å². The van der Waals surface area contributed by atoms with E-state index in [0.29, 0.717) is 18.1 Å². The monoisotopic (exact) mass is 124 g/mol.